The Hall–Kier alpha value is -2.21. The van der Waals surface area contributed by atoms with E-state index in [4.69, 9.17) is 5.11 Å². The second-order valence-corrected chi connectivity index (χ2v) is 4.68. The number of hydrogen-bond donors (Lipinski definition) is 1. The van der Waals surface area contributed by atoms with Crippen molar-refractivity contribution in [2.24, 2.45) is 0 Å². The van der Waals surface area contributed by atoms with Crippen molar-refractivity contribution in [2.75, 3.05) is 0 Å². The standard InChI is InChI=1S/C12H9NO4S/c14-8-3-5-13(6-4-8)7-9(15)10-1-2-11(18-10)12(16)17/h1-6H,7H2,(H,16,17). The molecule has 2 heterocycles. The van der Waals surface area contributed by atoms with Gasteiger partial charge in [0.25, 0.3) is 0 Å². The molecule has 2 aromatic heterocycles. The van der Waals surface area contributed by atoms with Gasteiger partial charge in [0.1, 0.15) is 4.88 Å². The highest BCUT2D eigenvalue weighted by atomic mass is 32.1. The Morgan fingerprint density at radius 2 is 1.72 bits per heavy atom. The predicted molar refractivity (Wildman–Crippen MR) is 66.3 cm³/mol. The zero-order chi connectivity index (χ0) is 13.1. The monoisotopic (exact) mass is 263 g/mol. The quantitative estimate of drug-likeness (QED) is 0.848. The molecule has 0 fully saturated rings. The van der Waals surface area contributed by atoms with Gasteiger partial charge >= 0.3 is 5.97 Å². The Kier molecular flexibility index (Phi) is 3.38. The molecule has 0 unspecified atom stereocenters. The van der Waals surface area contributed by atoms with Gasteiger partial charge in [0.05, 0.1) is 11.4 Å². The summed E-state index contributed by atoms with van der Waals surface area (Å²) in [7, 11) is 0. The number of carboxylic acids is 1. The molecule has 2 aromatic rings. The van der Waals surface area contributed by atoms with Crippen molar-refractivity contribution in [3.8, 4) is 0 Å². The fraction of sp³-hybridized carbons (Fsp3) is 0.0833. The average molecular weight is 263 g/mol. The zero-order valence-corrected chi connectivity index (χ0v) is 10.0. The minimum absolute atomic E-state index is 0.0832. The summed E-state index contributed by atoms with van der Waals surface area (Å²) in [5.74, 6) is -1.22. The summed E-state index contributed by atoms with van der Waals surface area (Å²) in [6, 6.07) is 5.64. The Labute approximate surface area is 106 Å². The number of nitrogens with zero attached hydrogens (tertiary/aromatic N) is 1. The van der Waals surface area contributed by atoms with Crippen LogP contribution >= 0.6 is 11.3 Å². The fourth-order valence-corrected chi connectivity index (χ4v) is 2.17. The molecule has 5 nitrogen and oxygen atoms in total. The topological polar surface area (TPSA) is 76.4 Å². The van der Waals surface area contributed by atoms with Crippen LogP contribution in [0.1, 0.15) is 19.3 Å². The average Bonchev–Trinajstić information content (AvgIpc) is 2.81. The Bertz CT molecular complexity index is 636. The first-order chi connectivity index (χ1) is 8.56. The molecular formula is C12H9NO4S. The first-order valence-electron chi connectivity index (χ1n) is 5.09. The first-order valence-corrected chi connectivity index (χ1v) is 5.90. The van der Waals surface area contributed by atoms with Gasteiger partial charge in [-0.1, -0.05) is 0 Å². The SMILES string of the molecule is O=C(O)c1ccc(C(=O)Cn2ccc(=O)cc2)s1. The highest BCUT2D eigenvalue weighted by Crippen LogP contribution is 2.17. The van der Waals surface area contributed by atoms with E-state index in [0.29, 0.717) is 4.88 Å². The van der Waals surface area contributed by atoms with Gasteiger partial charge in [-0.05, 0) is 12.1 Å². The third kappa shape index (κ3) is 2.72. The van der Waals surface area contributed by atoms with E-state index in [9.17, 15) is 14.4 Å². The Morgan fingerprint density at radius 1 is 1.11 bits per heavy atom. The number of pyridine rings is 1. The molecular weight excluding hydrogens is 254 g/mol. The molecule has 92 valence electrons. The molecule has 0 aromatic carbocycles. The van der Waals surface area contributed by atoms with Crippen LogP contribution in [0.4, 0.5) is 0 Å². The van der Waals surface area contributed by atoms with E-state index in [1.807, 2.05) is 0 Å². The van der Waals surface area contributed by atoms with Crippen molar-refractivity contribution in [1.82, 2.24) is 4.57 Å². The van der Waals surface area contributed by atoms with Gasteiger partial charge in [0.15, 0.2) is 11.2 Å². The largest absolute Gasteiger partial charge is 0.477 e. The maximum atomic E-state index is 11.9. The third-order valence-electron chi connectivity index (χ3n) is 2.28. The second kappa shape index (κ2) is 4.97. The summed E-state index contributed by atoms with van der Waals surface area (Å²) >= 11 is 0.947. The van der Waals surface area contributed by atoms with Crippen LogP contribution in [0.3, 0.4) is 0 Å². The van der Waals surface area contributed by atoms with Gasteiger partial charge in [-0.15, -0.1) is 11.3 Å². The van der Waals surface area contributed by atoms with Crippen molar-refractivity contribution >= 4 is 23.1 Å². The first kappa shape index (κ1) is 12.3. The van der Waals surface area contributed by atoms with E-state index in [1.54, 1.807) is 4.57 Å². The molecule has 0 amide bonds. The number of Topliss-reactive ketones (excluding diaryl/α,β-unsaturated/α-hetero) is 1. The minimum atomic E-state index is -1.04. The molecule has 18 heavy (non-hydrogen) atoms. The maximum Gasteiger partial charge on any atom is 0.345 e. The fourth-order valence-electron chi connectivity index (χ4n) is 1.40. The summed E-state index contributed by atoms with van der Waals surface area (Å²) in [5, 5.41) is 8.76. The van der Waals surface area contributed by atoms with E-state index in [0.717, 1.165) is 11.3 Å². The number of rotatable bonds is 4. The highest BCUT2D eigenvalue weighted by molar-refractivity contribution is 7.15. The summed E-state index contributed by atoms with van der Waals surface area (Å²) in [4.78, 5) is 34.0. The van der Waals surface area contributed by atoms with Gasteiger partial charge in [0.2, 0.25) is 0 Å². The molecule has 0 atom stereocenters. The zero-order valence-electron chi connectivity index (χ0n) is 9.20. The normalized spacial score (nSPS) is 10.2. The summed E-state index contributed by atoms with van der Waals surface area (Å²) in [6.45, 7) is 0.0832. The van der Waals surface area contributed by atoms with Crippen molar-refractivity contribution in [1.29, 1.82) is 0 Å². The molecule has 0 aliphatic rings. The number of aromatic carboxylic acids is 1. The Morgan fingerprint density at radius 3 is 2.28 bits per heavy atom. The molecule has 0 bridgehead atoms. The van der Waals surface area contributed by atoms with Crippen molar-refractivity contribution in [2.45, 2.75) is 6.54 Å². The molecule has 0 aliphatic heterocycles. The lowest BCUT2D eigenvalue weighted by Gasteiger charge is -2.02. The molecule has 1 N–H and O–H groups in total. The van der Waals surface area contributed by atoms with E-state index < -0.39 is 5.97 Å². The van der Waals surface area contributed by atoms with Crippen LogP contribution in [0.15, 0.2) is 41.5 Å². The number of carbonyl (C=O) groups excluding carboxylic acids is 1. The smallest absolute Gasteiger partial charge is 0.345 e. The number of aromatic nitrogens is 1. The van der Waals surface area contributed by atoms with E-state index in [2.05, 4.69) is 0 Å². The summed E-state index contributed by atoms with van der Waals surface area (Å²) in [5.41, 5.74) is -0.122. The van der Waals surface area contributed by atoms with Gasteiger partial charge in [0, 0.05) is 24.5 Å². The minimum Gasteiger partial charge on any atom is -0.477 e. The number of carbonyl (C=O) groups is 2. The van der Waals surface area contributed by atoms with Gasteiger partial charge < -0.3 is 9.67 Å². The molecule has 0 radical (unpaired) electrons. The van der Waals surface area contributed by atoms with Gasteiger partial charge in [-0.2, -0.15) is 0 Å². The van der Waals surface area contributed by atoms with Crippen LogP contribution in [0.2, 0.25) is 0 Å². The second-order valence-electron chi connectivity index (χ2n) is 3.60. The maximum absolute atomic E-state index is 11.9. The molecule has 6 heteroatoms. The molecule has 0 saturated heterocycles. The molecule has 2 rings (SSSR count). The van der Waals surface area contributed by atoms with Crippen LogP contribution in [0.5, 0.6) is 0 Å². The van der Waals surface area contributed by atoms with Crippen molar-refractivity contribution < 1.29 is 14.7 Å². The predicted octanol–water partition coefficient (Wildman–Crippen LogP) is 1.49. The summed E-state index contributed by atoms with van der Waals surface area (Å²) in [6.07, 6.45) is 3.04. The number of carboxylic acid groups (broad SMARTS) is 1. The van der Waals surface area contributed by atoms with Crippen LogP contribution in [0.25, 0.3) is 0 Å². The van der Waals surface area contributed by atoms with Gasteiger partial charge in [-0.3, -0.25) is 9.59 Å². The number of hydrogen-bond acceptors (Lipinski definition) is 4. The van der Waals surface area contributed by atoms with Crippen LogP contribution in [-0.2, 0) is 6.54 Å². The highest BCUT2D eigenvalue weighted by Gasteiger charge is 2.12. The molecule has 0 aliphatic carbocycles. The number of ketones is 1. The number of thiophene rings is 1. The lowest BCUT2D eigenvalue weighted by Crippen LogP contribution is -2.11. The van der Waals surface area contributed by atoms with Crippen molar-refractivity contribution in [3.63, 3.8) is 0 Å². The van der Waals surface area contributed by atoms with Crippen molar-refractivity contribution in [3.05, 3.63) is 56.6 Å². The van der Waals surface area contributed by atoms with Crippen LogP contribution < -0.4 is 5.43 Å². The lowest BCUT2D eigenvalue weighted by atomic mass is 10.3. The molecule has 0 spiro atoms. The summed E-state index contributed by atoms with van der Waals surface area (Å²) < 4.78 is 1.57. The Balaban J connectivity index is 2.14. The van der Waals surface area contributed by atoms with Crippen LogP contribution in [-0.4, -0.2) is 21.4 Å². The third-order valence-corrected chi connectivity index (χ3v) is 3.39. The van der Waals surface area contributed by atoms with Gasteiger partial charge in [-0.25, -0.2) is 4.79 Å². The molecule has 0 saturated carbocycles. The lowest BCUT2D eigenvalue weighted by molar-refractivity contribution is 0.0702. The van der Waals surface area contributed by atoms with Crippen LogP contribution in [0, 0.1) is 0 Å². The van der Waals surface area contributed by atoms with E-state index in [1.165, 1.54) is 36.7 Å². The van der Waals surface area contributed by atoms with E-state index >= 15 is 0 Å². The van der Waals surface area contributed by atoms with E-state index in [-0.39, 0.29) is 22.6 Å².